The van der Waals surface area contributed by atoms with Crippen LogP contribution in [0.2, 0.25) is 0 Å². The first-order valence-corrected chi connectivity index (χ1v) is 8.29. The fraction of sp³-hybridized carbons (Fsp3) is 0.438. The lowest BCUT2D eigenvalue weighted by Gasteiger charge is -2.17. The second-order valence-corrected chi connectivity index (χ2v) is 6.22. The van der Waals surface area contributed by atoms with E-state index in [-0.39, 0.29) is 12.1 Å². The van der Waals surface area contributed by atoms with Crippen LogP contribution in [0.5, 0.6) is 0 Å². The van der Waals surface area contributed by atoms with E-state index in [9.17, 15) is 9.90 Å². The summed E-state index contributed by atoms with van der Waals surface area (Å²) < 4.78 is 5.15. The van der Waals surface area contributed by atoms with Gasteiger partial charge >= 0.3 is 6.03 Å². The molecule has 2 atom stereocenters. The Hall–Kier alpha value is -1.79. The number of aliphatic hydroxyl groups excluding tert-OH is 1. The average molecular weight is 322 g/mol. The molecule has 2 heterocycles. The molecule has 120 valence electrons. The lowest BCUT2D eigenvalue weighted by atomic mass is 10.1. The number of thiophene rings is 1. The number of urea groups is 1. The molecule has 6 heteroatoms. The Labute approximate surface area is 134 Å². The Balaban J connectivity index is 1.74. The molecule has 2 rings (SSSR count). The number of hydrogen-bond acceptors (Lipinski definition) is 4. The third-order valence-corrected chi connectivity index (χ3v) is 4.42. The SMILES string of the molecule is CCc1ccsc1CNC(=O)NC(C)CC(O)c1ccco1. The van der Waals surface area contributed by atoms with Crippen molar-refractivity contribution in [3.05, 3.63) is 46.0 Å². The molecule has 0 saturated carbocycles. The molecule has 2 unspecified atom stereocenters. The maximum atomic E-state index is 11.9. The van der Waals surface area contributed by atoms with E-state index in [1.165, 1.54) is 16.7 Å². The molecule has 5 nitrogen and oxygen atoms in total. The van der Waals surface area contributed by atoms with Gasteiger partial charge in [0.1, 0.15) is 11.9 Å². The minimum absolute atomic E-state index is 0.158. The summed E-state index contributed by atoms with van der Waals surface area (Å²) in [7, 11) is 0. The molecule has 2 aromatic heterocycles. The number of carbonyl (C=O) groups is 1. The Kier molecular flexibility index (Phi) is 6.03. The zero-order chi connectivity index (χ0) is 15.9. The van der Waals surface area contributed by atoms with Crippen LogP contribution >= 0.6 is 11.3 Å². The Morgan fingerprint density at radius 2 is 2.27 bits per heavy atom. The highest BCUT2D eigenvalue weighted by Gasteiger charge is 2.16. The van der Waals surface area contributed by atoms with Gasteiger partial charge in [-0.05, 0) is 42.5 Å². The molecule has 22 heavy (non-hydrogen) atoms. The second kappa shape index (κ2) is 8.00. The quantitative estimate of drug-likeness (QED) is 0.733. The predicted molar refractivity (Wildman–Crippen MR) is 86.8 cm³/mol. The number of amides is 2. The van der Waals surface area contributed by atoms with Gasteiger partial charge < -0.3 is 20.2 Å². The van der Waals surface area contributed by atoms with Gasteiger partial charge in [0.25, 0.3) is 0 Å². The molecule has 0 spiro atoms. The van der Waals surface area contributed by atoms with Gasteiger partial charge in [-0.25, -0.2) is 4.79 Å². The number of rotatable bonds is 7. The molecule has 0 aliphatic rings. The standard InChI is InChI=1S/C16H22N2O3S/c1-3-12-6-8-22-15(12)10-17-16(20)18-11(2)9-13(19)14-5-4-7-21-14/h4-8,11,13,19H,3,9-10H2,1-2H3,(H2,17,18,20). The Morgan fingerprint density at radius 1 is 1.45 bits per heavy atom. The lowest BCUT2D eigenvalue weighted by molar-refractivity contribution is 0.129. The van der Waals surface area contributed by atoms with Gasteiger partial charge in [0.05, 0.1) is 12.8 Å². The topological polar surface area (TPSA) is 74.5 Å². The lowest BCUT2D eigenvalue weighted by Crippen LogP contribution is -2.41. The van der Waals surface area contributed by atoms with Gasteiger partial charge in [0, 0.05) is 17.3 Å². The monoisotopic (exact) mass is 322 g/mol. The van der Waals surface area contributed by atoms with Crippen LogP contribution in [0.1, 0.15) is 42.6 Å². The molecule has 0 radical (unpaired) electrons. The first-order valence-electron chi connectivity index (χ1n) is 7.41. The molecule has 0 aliphatic carbocycles. The number of aryl methyl sites for hydroxylation is 1. The fourth-order valence-electron chi connectivity index (χ4n) is 2.26. The van der Waals surface area contributed by atoms with Gasteiger partial charge in [-0.3, -0.25) is 0 Å². The van der Waals surface area contributed by atoms with Crippen molar-refractivity contribution in [3.63, 3.8) is 0 Å². The second-order valence-electron chi connectivity index (χ2n) is 5.22. The van der Waals surface area contributed by atoms with Crippen molar-refractivity contribution in [2.24, 2.45) is 0 Å². The summed E-state index contributed by atoms with van der Waals surface area (Å²) in [6.07, 6.45) is 2.18. The molecule has 0 fully saturated rings. The molecule has 0 aliphatic heterocycles. The largest absolute Gasteiger partial charge is 0.467 e. The molecule has 2 aromatic rings. The van der Waals surface area contributed by atoms with Crippen molar-refractivity contribution in [2.75, 3.05) is 0 Å². The normalized spacial score (nSPS) is 13.6. The van der Waals surface area contributed by atoms with E-state index in [0.717, 1.165) is 6.42 Å². The molecule has 2 amide bonds. The number of furan rings is 1. The van der Waals surface area contributed by atoms with Crippen molar-refractivity contribution < 1.29 is 14.3 Å². The molecule has 3 N–H and O–H groups in total. The molecule has 0 aromatic carbocycles. The summed E-state index contributed by atoms with van der Waals surface area (Å²) >= 11 is 1.65. The van der Waals surface area contributed by atoms with Gasteiger partial charge in [0.2, 0.25) is 0 Å². The Morgan fingerprint density at radius 3 is 2.95 bits per heavy atom. The summed E-state index contributed by atoms with van der Waals surface area (Å²) in [5, 5.41) is 17.7. The smallest absolute Gasteiger partial charge is 0.315 e. The van der Waals surface area contributed by atoms with Crippen LogP contribution in [-0.4, -0.2) is 17.2 Å². The first kappa shape index (κ1) is 16.6. The highest BCUT2D eigenvalue weighted by Crippen LogP contribution is 2.19. The first-order chi connectivity index (χ1) is 10.6. The zero-order valence-corrected chi connectivity index (χ0v) is 13.7. The van der Waals surface area contributed by atoms with E-state index in [4.69, 9.17) is 4.42 Å². The van der Waals surface area contributed by atoms with E-state index in [1.807, 2.05) is 12.3 Å². The van der Waals surface area contributed by atoms with Gasteiger partial charge in [-0.2, -0.15) is 0 Å². The van der Waals surface area contributed by atoms with Gasteiger partial charge in [-0.15, -0.1) is 11.3 Å². The predicted octanol–water partition coefficient (Wildman–Crippen LogP) is 3.21. The molecule has 0 bridgehead atoms. The van der Waals surface area contributed by atoms with Crippen molar-refractivity contribution in [1.82, 2.24) is 10.6 Å². The molecule has 0 saturated heterocycles. The van der Waals surface area contributed by atoms with Crippen LogP contribution in [0.4, 0.5) is 4.79 Å². The van der Waals surface area contributed by atoms with Crippen molar-refractivity contribution in [1.29, 1.82) is 0 Å². The minimum Gasteiger partial charge on any atom is -0.467 e. The summed E-state index contributed by atoms with van der Waals surface area (Å²) in [4.78, 5) is 13.1. The van der Waals surface area contributed by atoms with Crippen LogP contribution in [-0.2, 0) is 13.0 Å². The van der Waals surface area contributed by atoms with Crippen LogP contribution in [0, 0.1) is 0 Å². The van der Waals surface area contributed by atoms with E-state index < -0.39 is 6.10 Å². The van der Waals surface area contributed by atoms with Crippen LogP contribution < -0.4 is 10.6 Å². The highest BCUT2D eigenvalue weighted by atomic mass is 32.1. The van der Waals surface area contributed by atoms with Gasteiger partial charge in [-0.1, -0.05) is 6.92 Å². The number of aliphatic hydroxyl groups is 1. The van der Waals surface area contributed by atoms with Crippen molar-refractivity contribution in [2.45, 2.75) is 45.4 Å². The fourth-order valence-corrected chi connectivity index (χ4v) is 3.18. The Bertz CT molecular complexity index is 580. The maximum Gasteiger partial charge on any atom is 0.315 e. The van der Waals surface area contributed by atoms with Gasteiger partial charge in [0.15, 0.2) is 0 Å². The van der Waals surface area contributed by atoms with E-state index in [2.05, 4.69) is 23.6 Å². The summed E-state index contributed by atoms with van der Waals surface area (Å²) in [6.45, 7) is 4.48. The van der Waals surface area contributed by atoms with E-state index in [1.54, 1.807) is 23.5 Å². The van der Waals surface area contributed by atoms with Crippen molar-refractivity contribution in [3.8, 4) is 0 Å². The van der Waals surface area contributed by atoms with E-state index in [0.29, 0.717) is 18.7 Å². The summed E-state index contributed by atoms with van der Waals surface area (Å²) in [5.74, 6) is 0.514. The van der Waals surface area contributed by atoms with Crippen LogP contribution in [0.15, 0.2) is 34.3 Å². The van der Waals surface area contributed by atoms with Crippen molar-refractivity contribution >= 4 is 17.4 Å². The van der Waals surface area contributed by atoms with Crippen LogP contribution in [0.3, 0.4) is 0 Å². The molecular formula is C16H22N2O3S. The zero-order valence-electron chi connectivity index (χ0n) is 12.8. The number of hydrogen-bond donors (Lipinski definition) is 3. The average Bonchev–Trinajstić information content (AvgIpc) is 3.15. The summed E-state index contributed by atoms with van der Waals surface area (Å²) in [5.41, 5.74) is 1.27. The number of carbonyl (C=O) groups excluding carboxylic acids is 1. The van der Waals surface area contributed by atoms with E-state index >= 15 is 0 Å². The third kappa shape index (κ3) is 4.61. The molecular weight excluding hydrogens is 300 g/mol. The number of nitrogens with one attached hydrogen (secondary N) is 2. The van der Waals surface area contributed by atoms with Crippen LogP contribution in [0.25, 0.3) is 0 Å². The maximum absolute atomic E-state index is 11.9. The summed E-state index contributed by atoms with van der Waals surface area (Å²) in [6, 6.07) is 5.15. The minimum atomic E-state index is -0.714. The highest BCUT2D eigenvalue weighted by molar-refractivity contribution is 7.10. The third-order valence-electron chi connectivity index (χ3n) is 3.45.